The van der Waals surface area contributed by atoms with Crippen LogP contribution >= 0.6 is 0 Å². The molecule has 1 N–H and O–H groups in total. The van der Waals surface area contributed by atoms with Gasteiger partial charge in [-0.1, -0.05) is 24.3 Å². The van der Waals surface area contributed by atoms with Gasteiger partial charge in [0.25, 0.3) is 15.6 Å². The molecule has 34 heavy (non-hydrogen) atoms. The molecule has 4 rings (SSSR count). The molecular formula is C24H22N6O3S. The fraction of sp³-hybridized carbons (Fsp3) is 0.167. The van der Waals surface area contributed by atoms with Crippen LogP contribution < -0.4 is 9.86 Å². The van der Waals surface area contributed by atoms with E-state index in [1.165, 1.54) is 27.3 Å². The number of anilines is 1. The third kappa shape index (κ3) is 4.33. The molecule has 0 spiro atoms. The highest BCUT2D eigenvalue weighted by Gasteiger charge is 2.24. The molecule has 3 heterocycles. The number of aromatic amines is 1. The van der Waals surface area contributed by atoms with E-state index in [2.05, 4.69) is 15.1 Å². The van der Waals surface area contributed by atoms with Gasteiger partial charge in [0.05, 0.1) is 5.69 Å². The lowest BCUT2D eigenvalue weighted by Crippen LogP contribution is -2.30. The molecule has 10 heteroatoms. The quantitative estimate of drug-likeness (QED) is 0.439. The Hall–Kier alpha value is -4.23. The lowest BCUT2D eigenvalue weighted by atomic mass is 10.1. The standard InChI is InChI=1S/C24H22N6O3S/c1-3-29(20-7-5-4-6-8-20)34(32,33)21-11-12-23(27-16-21)30-24(31)22(17(2)28-30)13-18-9-10-19(14-25)26-15-18/h4-12,15-16,28H,3,13H2,1-2H3. The normalized spacial score (nSPS) is 11.2. The fourth-order valence-corrected chi connectivity index (χ4v) is 5.04. The SMILES string of the molecule is CCN(c1ccccc1)S(=O)(=O)c1ccc(-n2[nH]c(C)c(Cc3ccc(C#N)nc3)c2=O)nc1. The number of pyridine rings is 2. The van der Waals surface area contributed by atoms with Gasteiger partial charge in [0.15, 0.2) is 5.82 Å². The van der Waals surface area contributed by atoms with Gasteiger partial charge in [0.1, 0.15) is 16.7 Å². The first-order valence-corrected chi connectivity index (χ1v) is 12.0. The minimum atomic E-state index is -3.82. The Morgan fingerprint density at radius 3 is 2.41 bits per heavy atom. The van der Waals surface area contributed by atoms with E-state index in [9.17, 15) is 13.2 Å². The van der Waals surface area contributed by atoms with Crippen LogP contribution in [0, 0.1) is 18.3 Å². The van der Waals surface area contributed by atoms with Gasteiger partial charge in [-0.3, -0.25) is 14.2 Å². The monoisotopic (exact) mass is 474 g/mol. The molecule has 172 valence electrons. The Kier molecular flexibility index (Phi) is 6.30. The number of nitrogens with zero attached hydrogens (tertiary/aromatic N) is 5. The first kappa shape index (κ1) is 22.9. The highest BCUT2D eigenvalue weighted by molar-refractivity contribution is 7.92. The maximum atomic E-state index is 13.2. The molecule has 0 amide bonds. The average molecular weight is 475 g/mol. The molecule has 0 aliphatic rings. The van der Waals surface area contributed by atoms with Gasteiger partial charge in [-0.05, 0) is 49.7 Å². The molecule has 1 aromatic carbocycles. The van der Waals surface area contributed by atoms with Crippen molar-refractivity contribution in [2.75, 3.05) is 10.8 Å². The number of sulfonamides is 1. The molecule has 3 aromatic heterocycles. The van der Waals surface area contributed by atoms with E-state index in [-0.39, 0.29) is 22.8 Å². The number of nitrogens with one attached hydrogen (secondary N) is 1. The van der Waals surface area contributed by atoms with Crippen LogP contribution in [0.15, 0.2) is 76.7 Å². The molecular weight excluding hydrogens is 452 g/mol. The first-order valence-electron chi connectivity index (χ1n) is 10.5. The molecule has 0 bridgehead atoms. The van der Waals surface area contributed by atoms with Crippen molar-refractivity contribution in [1.82, 2.24) is 19.7 Å². The second-order valence-corrected chi connectivity index (χ2v) is 9.42. The predicted molar refractivity (Wildman–Crippen MR) is 127 cm³/mol. The summed E-state index contributed by atoms with van der Waals surface area (Å²) >= 11 is 0. The summed E-state index contributed by atoms with van der Waals surface area (Å²) in [6.45, 7) is 3.80. The second-order valence-electron chi connectivity index (χ2n) is 7.55. The number of aromatic nitrogens is 4. The van der Waals surface area contributed by atoms with Gasteiger partial charge in [0, 0.05) is 36.6 Å². The van der Waals surface area contributed by atoms with Crippen molar-refractivity contribution in [2.45, 2.75) is 25.2 Å². The third-order valence-corrected chi connectivity index (χ3v) is 7.27. The van der Waals surface area contributed by atoms with Crippen molar-refractivity contribution in [3.8, 4) is 11.9 Å². The largest absolute Gasteiger partial charge is 0.294 e. The van der Waals surface area contributed by atoms with E-state index in [1.54, 1.807) is 56.4 Å². The number of rotatable bonds is 7. The molecule has 4 aromatic rings. The van der Waals surface area contributed by atoms with Crippen molar-refractivity contribution < 1.29 is 8.42 Å². The summed E-state index contributed by atoms with van der Waals surface area (Å²) < 4.78 is 28.9. The van der Waals surface area contributed by atoms with Gasteiger partial charge in [0.2, 0.25) is 0 Å². The Balaban J connectivity index is 1.62. The number of nitriles is 1. The van der Waals surface area contributed by atoms with Crippen molar-refractivity contribution >= 4 is 15.7 Å². The van der Waals surface area contributed by atoms with Crippen LogP contribution in [0.5, 0.6) is 0 Å². The Morgan fingerprint density at radius 1 is 1.06 bits per heavy atom. The minimum absolute atomic E-state index is 0.0298. The van der Waals surface area contributed by atoms with Gasteiger partial charge < -0.3 is 0 Å². The third-order valence-electron chi connectivity index (χ3n) is 5.38. The summed E-state index contributed by atoms with van der Waals surface area (Å²) in [4.78, 5) is 21.3. The Labute approximate surface area is 197 Å². The van der Waals surface area contributed by atoms with Crippen molar-refractivity contribution in [3.05, 3.63) is 99.9 Å². The molecule has 0 fully saturated rings. The van der Waals surface area contributed by atoms with E-state index in [4.69, 9.17) is 5.26 Å². The average Bonchev–Trinajstić information content (AvgIpc) is 3.14. The number of H-pyrrole nitrogens is 1. The zero-order chi connectivity index (χ0) is 24.3. The van der Waals surface area contributed by atoms with E-state index in [0.717, 1.165) is 5.56 Å². The van der Waals surface area contributed by atoms with Crippen LogP contribution in [0.2, 0.25) is 0 Å². The summed E-state index contributed by atoms with van der Waals surface area (Å²) in [6.07, 6.45) is 3.16. The van der Waals surface area contributed by atoms with Gasteiger partial charge in [-0.15, -0.1) is 0 Å². The summed E-state index contributed by atoms with van der Waals surface area (Å²) in [5, 5.41) is 11.9. The number of aryl methyl sites for hydroxylation is 1. The molecule has 0 aliphatic heterocycles. The van der Waals surface area contributed by atoms with E-state index in [0.29, 0.717) is 29.1 Å². The van der Waals surface area contributed by atoms with Gasteiger partial charge in [-0.25, -0.2) is 23.1 Å². The lowest BCUT2D eigenvalue weighted by Gasteiger charge is -2.22. The molecule has 0 saturated heterocycles. The number of benzene rings is 1. The van der Waals surface area contributed by atoms with Crippen LogP contribution in [0.4, 0.5) is 5.69 Å². The van der Waals surface area contributed by atoms with E-state index in [1.807, 2.05) is 12.1 Å². The molecule has 0 atom stereocenters. The van der Waals surface area contributed by atoms with E-state index >= 15 is 0 Å². The minimum Gasteiger partial charge on any atom is -0.294 e. The fourth-order valence-electron chi connectivity index (χ4n) is 3.62. The topological polar surface area (TPSA) is 125 Å². The number of hydrogen-bond acceptors (Lipinski definition) is 6. The number of para-hydroxylation sites is 1. The van der Waals surface area contributed by atoms with Gasteiger partial charge in [-0.2, -0.15) is 5.26 Å². The summed E-state index contributed by atoms with van der Waals surface area (Å²) in [7, 11) is -3.82. The number of hydrogen-bond donors (Lipinski definition) is 1. The summed E-state index contributed by atoms with van der Waals surface area (Å²) in [5.41, 5.74) is 2.57. The van der Waals surface area contributed by atoms with E-state index < -0.39 is 10.0 Å². The molecule has 0 saturated carbocycles. The maximum Gasteiger partial charge on any atom is 0.276 e. The highest BCUT2D eigenvalue weighted by Crippen LogP contribution is 2.23. The molecule has 0 unspecified atom stereocenters. The summed E-state index contributed by atoms with van der Waals surface area (Å²) in [5.74, 6) is 0.277. The zero-order valence-corrected chi connectivity index (χ0v) is 19.5. The van der Waals surface area contributed by atoms with Gasteiger partial charge >= 0.3 is 0 Å². The van der Waals surface area contributed by atoms with Crippen molar-refractivity contribution in [3.63, 3.8) is 0 Å². The zero-order valence-electron chi connectivity index (χ0n) is 18.6. The molecule has 9 nitrogen and oxygen atoms in total. The van der Waals surface area contributed by atoms with Crippen LogP contribution in [0.1, 0.15) is 29.4 Å². The van der Waals surface area contributed by atoms with Crippen LogP contribution in [-0.2, 0) is 16.4 Å². The lowest BCUT2D eigenvalue weighted by molar-refractivity contribution is 0.591. The first-order chi connectivity index (χ1) is 16.3. The van der Waals surface area contributed by atoms with Crippen molar-refractivity contribution in [1.29, 1.82) is 5.26 Å². The second kappa shape index (κ2) is 9.33. The molecule has 0 radical (unpaired) electrons. The van der Waals surface area contributed by atoms with Crippen molar-refractivity contribution in [2.24, 2.45) is 0 Å². The summed E-state index contributed by atoms with van der Waals surface area (Å²) in [6, 6.07) is 17.1. The predicted octanol–water partition coefficient (Wildman–Crippen LogP) is 2.94. The molecule has 0 aliphatic carbocycles. The highest BCUT2D eigenvalue weighted by atomic mass is 32.2. The smallest absolute Gasteiger partial charge is 0.276 e. The van der Waals surface area contributed by atoms with Crippen LogP contribution in [-0.4, -0.2) is 34.7 Å². The van der Waals surface area contributed by atoms with Crippen LogP contribution in [0.25, 0.3) is 5.82 Å². The maximum absolute atomic E-state index is 13.2. The van der Waals surface area contributed by atoms with Crippen LogP contribution in [0.3, 0.4) is 0 Å². The Bertz CT molecular complexity index is 1500. The Morgan fingerprint density at radius 2 is 1.82 bits per heavy atom.